The molecular weight excluding hydrogens is 780 g/mol. The summed E-state index contributed by atoms with van der Waals surface area (Å²) >= 11 is 0. The van der Waals surface area contributed by atoms with E-state index in [1.54, 1.807) is 6.08 Å². The second-order valence-electron chi connectivity index (χ2n) is 19.6. The number of nitrogens with one attached hydrogen (secondary N) is 1. The quantitative estimate of drug-likeness (QED) is 0.0243. The Morgan fingerprint density at radius 1 is 0.541 bits per heavy atom. The van der Waals surface area contributed by atoms with Crippen LogP contribution in [0.5, 0.6) is 0 Å². The summed E-state index contributed by atoms with van der Waals surface area (Å²) in [5.74, 6) is -0.179. The van der Waals surface area contributed by atoms with E-state index in [4.69, 9.17) is 9.05 Å². The molecule has 0 fully saturated rings. The van der Waals surface area contributed by atoms with Crippen molar-refractivity contribution in [3.63, 3.8) is 0 Å². The second-order valence-corrected chi connectivity index (χ2v) is 21.1. The summed E-state index contributed by atoms with van der Waals surface area (Å²) in [7, 11) is 1.58. The molecule has 61 heavy (non-hydrogen) atoms. The van der Waals surface area contributed by atoms with Crippen LogP contribution in [0.25, 0.3) is 0 Å². The number of nitrogens with zero attached hydrogens (tertiary/aromatic N) is 1. The van der Waals surface area contributed by atoms with E-state index in [-0.39, 0.29) is 19.1 Å². The van der Waals surface area contributed by atoms with E-state index in [9.17, 15) is 19.4 Å². The van der Waals surface area contributed by atoms with Gasteiger partial charge in [-0.25, -0.2) is 4.57 Å². The van der Waals surface area contributed by atoms with Crippen LogP contribution in [0.4, 0.5) is 0 Å². The van der Waals surface area contributed by atoms with Crippen LogP contribution in [0.1, 0.15) is 264 Å². The van der Waals surface area contributed by atoms with Crippen molar-refractivity contribution in [2.75, 3.05) is 40.9 Å². The molecule has 0 aromatic rings. The zero-order valence-electron chi connectivity index (χ0n) is 41.4. The van der Waals surface area contributed by atoms with Gasteiger partial charge in [0.05, 0.1) is 39.9 Å². The fourth-order valence-corrected chi connectivity index (χ4v) is 8.78. The standard InChI is InChI=1S/C52H105N2O6P/c1-6-8-10-12-14-16-17-18-19-20-21-22-23-24-25-26-27-28-29-30-31-32-33-34-35-36-37-38-39-41-43-45-51(55)50(49-60-61(57,58)59-48-47-54(3,4)5)53-52(56)46-44-42-40-15-13-11-9-7-2/h43,45,50-51,55H,6-42,44,46-49H2,1-5H3,(H-,53,56,57,58)/p+1/b45-43+. The van der Waals surface area contributed by atoms with Crippen LogP contribution < -0.4 is 5.32 Å². The number of aliphatic hydroxyl groups is 1. The Morgan fingerprint density at radius 2 is 0.869 bits per heavy atom. The van der Waals surface area contributed by atoms with Gasteiger partial charge in [0.15, 0.2) is 0 Å². The molecule has 0 saturated heterocycles. The van der Waals surface area contributed by atoms with Crippen molar-refractivity contribution in [3.05, 3.63) is 12.2 Å². The Morgan fingerprint density at radius 3 is 1.21 bits per heavy atom. The molecule has 0 aliphatic rings. The van der Waals surface area contributed by atoms with Gasteiger partial charge < -0.3 is 19.8 Å². The average Bonchev–Trinajstić information content (AvgIpc) is 3.21. The first-order valence-electron chi connectivity index (χ1n) is 26.6. The molecule has 0 aromatic heterocycles. The van der Waals surface area contributed by atoms with Crippen LogP contribution in [0.2, 0.25) is 0 Å². The number of unbranched alkanes of at least 4 members (excludes halogenated alkanes) is 36. The van der Waals surface area contributed by atoms with Crippen molar-refractivity contribution in [1.29, 1.82) is 0 Å². The molecule has 9 heteroatoms. The SMILES string of the molecule is CCCCCCCCCCCCCCCCCCCCCCCCCCCCCCC/C=C/C(O)C(COP(=O)(O)OCC[N+](C)(C)C)NC(=O)CCCCCCCCCC. The van der Waals surface area contributed by atoms with Crippen LogP contribution >= 0.6 is 7.82 Å². The first kappa shape index (κ1) is 60.2. The number of amides is 1. The summed E-state index contributed by atoms with van der Waals surface area (Å²) in [5, 5.41) is 13.8. The average molecular weight is 886 g/mol. The summed E-state index contributed by atoms with van der Waals surface area (Å²) < 4.78 is 23.5. The predicted molar refractivity (Wildman–Crippen MR) is 263 cm³/mol. The third kappa shape index (κ3) is 47.0. The first-order chi connectivity index (χ1) is 29.5. The molecule has 8 nitrogen and oxygen atoms in total. The molecule has 1 amide bonds. The Labute approximate surface area is 380 Å². The topological polar surface area (TPSA) is 105 Å². The van der Waals surface area contributed by atoms with Crippen LogP contribution in [-0.4, -0.2) is 73.4 Å². The molecular formula is C52H106N2O6P+. The summed E-state index contributed by atoms with van der Waals surface area (Å²) in [4.78, 5) is 23.0. The molecule has 364 valence electrons. The molecule has 0 saturated carbocycles. The lowest BCUT2D eigenvalue weighted by molar-refractivity contribution is -0.870. The van der Waals surface area contributed by atoms with E-state index in [2.05, 4.69) is 19.2 Å². The third-order valence-electron chi connectivity index (χ3n) is 12.3. The van der Waals surface area contributed by atoms with E-state index < -0.39 is 20.0 Å². The van der Waals surface area contributed by atoms with Gasteiger partial charge >= 0.3 is 7.82 Å². The largest absolute Gasteiger partial charge is 0.472 e. The highest BCUT2D eigenvalue weighted by molar-refractivity contribution is 7.47. The van der Waals surface area contributed by atoms with Crippen LogP contribution in [0.15, 0.2) is 12.2 Å². The molecule has 0 spiro atoms. The lowest BCUT2D eigenvalue weighted by atomic mass is 10.0. The van der Waals surface area contributed by atoms with Gasteiger partial charge in [-0.05, 0) is 19.3 Å². The number of rotatable bonds is 49. The Hall–Kier alpha value is -0.760. The van der Waals surface area contributed by atoms with Crippen molar-refractivity contribution < 1.29 is 32.9 Å². The van der Waals surface area contributed by atoms with Gasteiger partial charge in [-0.2, -0.15) is 0 Å². The zero-order valence-corrected chi connectivity index (χ0v) is 42.3. The van der Waals surface area contributed by atoms with Crippen molar-refractivity contribution >= 4 is 13.7 Å². The smallest absolute Gasteiger partial charge is 0.387 e. The molecule has 0 radical (unpaired) electrons. The maximum atomic E-state index is 12.8. The summed E-state index contributed by atoms with van der Waals surface area (Å²) in [5.41, 5.74) is 0. The Balaban J connectivity index is 3.96. The number of carbonyl (C=O) groups excluding carboxylic acids is 1. The maximum absolute atomic E-state index is 12.8. The highest BCUT2D eigenvalue weighted by Gasteiger charge is 2.27. The molecule has 0 heterocycles. The number of phosphoric ester groups is 1. The van der Waals surface area contributed by atoms with E-state index in [0.717, 1.165) is 32.1 Å². The second kappa shape index (κ2) is 44.4. The highest BCUT2D eigenvalue weighted by atomic mass is 31.2. The number of hydrogen-bond donors (Lipinski definition) is 3. The van der Waals surface area contributed by atoms with E-state index in [0.29, 0.717) is 17.4 Å². The molecule has 3 unspecified atom stereocenters. The minimum atomic E-state index is -4.33. The number of likely N-dealkylation sites (N-methyl/N-ethyl adjacent to an activating group) is 1. The van der Waals surface area contributed by atoms with Crippen molar-refractivity contribution in [1.82, 2.24) is 5.32 Å². The lowest BCUT2D eigenvalue weighted by Crippen LogP contribution is -2.45. The number of hydrogen-bond acceptors (Lipinski definition) is 5. The van der Waals surface area contributed by atoms with Gasteiger partial charge in [0.1, 0.15) is 13.2 Å². The number of phosphoric acid groups is 1. The van der Waals surface area contributed by atoms with Crippen LogP contribution in [0, 0.1) is 0 Å². The van der Waals surface area contributed by atoms with E-state index in [1.807, 2.05) is 27.2 Å². The molecule has 3 atom stereocenters. The first-order valence-corrected chi connectivity index (χ1v) is 28.1. The fraction of sp³-hybridized carbons (Fsp3) is 0.942. The van der Waals surface area contributed by atoms with E-state index >= 15 is 0 Å². The summed E-state index contributed by atoms with van der Waals surface area (Å²) in [6, 6.07) is -0.839. The summed E-state index contributed by atoms with van der Waals surface area (Å²) in [6.07, 6.45) is 53.4. The van der Waals surface area contributed by atoms with Gasteiger partial charge in [-0.15, -0.1) is 0 Å². The fourth-order valence-electron chi connectivity index (χ4n) is 8.04. The zero-order chi connectivity index (χ0) is 45.0. The minimum Gasteiger partial charge on any atom is -0.387 e. The minimum absolute atomic E-state index is 0.0644. The molecule has 0 rings (SSSR count). The van der Waals surface area contributed by atoms with Gasteiger partial charge in [0, 0.05) is 6.42 Å². The summed E-state index contributed by atoms with van der Waals surface area (Å²) in [6.45, 7) is 4.81. The Kier molecular flexibility index (Phi) is 43.9. The van der Waals surface area contributed by atoms with Gasteiger partial charge in [0.2, 0.25) is 5.91 Å². The van der Waals surface area contributed by atoms with Crippen molar-refractivity contribution in [3.8, 4) is 0 Å². The molecule has 0 aliphatic carbocycles. The molecule has 0 aliphatic heterocycles. The van der Waals surface area contributed by atoms with E-state index in [1.165, 1.54) is 212 Å². The van der Waals surface area contributed by atoms with Crippen LogP contribution in [0.3, 0.4) is 0 Å². The molecule has 0 aromatic carbocycles. The normalized spacial score (nSPS) is 14.1. The van der Waals surface area contributed by atoms with Crippen LogP contribution in [-0.2, 0) is 18.4 Å². The number of allylic oxidation sites excluding steroid dienone is 1. The third-order valence-corrected chi connectivity index (χ3v) is 13.2. The van der Waals surface area contributed by atoms with Gasteiger partial charge in [-0.3, -0.25) is 13.8 Å². The number of aliphatic hydroxyl groups excluding tert-OH is 1. The maximum Gasteiger partial charge on any atom is 0.472 e. The number of carbonyl (C=O) groups is 1. The molecule has 3 N–H and O–H groups in total. The predicted octanol–water partition coefficient (Wildman–Crippen LogP) is 15.5. The highest BCUT2D eigenvalue weighted by Crippen LogP contribution is 2.43. The van der Waals surface area contributed by atoms with Crippen molar-refractivity contribution in [2.45, 2.75) is 276 Å². The van der Waals surface area contributed by atoms with Gasteiger partial charge in [-0.1, -0.05) is 251 Å². The monoisotopic (exact) mass is 886 g/mol. The van der Waals surface area contributed by atoms with Crippen molar-refractivity contribution in [2.24, 2.45) is 0 Å². The number of quaternary nitrogens is 1. The Bertz CT molecular complexity index is 1000. The lowest BCUT2D eigenvalue weighted by Gasteiger charge is -2.25. The molecule has 0 bridgehead atoms. The van der Waals surface area contributed by atoms with Gasteiger partial charge in [0.25, 0.3) is 0 Å².